The molecule has 7 aromatic carbocycles. The number of pyridine rings is 1. The molecule has 0 radical (unpaired) electrons. The monoisotopic (exact) mass is 719 g/mol. The van der Waals surface area contributed by atoms with Crippen molar-refractivity contribution in [3.63, 3.8) is 0 Å². The fourth-order valence-electron chi connectivity index (χ4n) is 7.41. The molecule has 4 heteroatoms. The average Bonchev–Trinajstić information content (AvgIpc) is 3.65. The van der Waals surface area contributed by atoms with Crippen molar-refractivity contribution in [2.24, 2.45) is 0 Å². The molecule has 0 fully saturated rings. The lowest BCUT2D eigenvalue weighted by Gasteiger charge is -2.15. The van der Waals surface area contributed by atoms with Crippen LogP contribution in [0.15, 0.2) is 200 Å². The van der Waals surface area contributed by atoms with Crippen LogP contribution in [-0.2, 0) is 0 Å². The molecule has 10 aromatic rings. The highest BCUT2D eigenvalue weighted by molar-refractivity contribution is 7.25. The first-order chi connectivity index (χ1) is 27.2. The van der Waals surface area contributed by atoms with Gasteiger partial charge in [0.1, 0.15) is 0 Å². The molecule has 0 bridgehead atoms. The van der Waals surface area contributed by atoms with Gasteiger partial charge < -0.3 is 0 Å². The van der Waals surface area contributed by atoms with Crippen LogP contribution in [0.2, 0.25) is 0 Å². The van der Waals surface area contributed by atoms with Crippen LogP contribution in [-0.4, -0.2) is 15.0 Å². The number of fused-ring (bicyclic) bond motifs is 3. The maximum Gasteiger partial charge on any atom is 0.160 e. The lowest BCUT2D eigenvalue weighted by Crippen LogP contribution is -1.97. The van der Waals surface area contributed by atoms with E-state index in [-0.39, 0.29) is 0 Å². The third-order valence-electron chi connectivity index (χ3n) is 10.2. The van der Waals surface area contributed by atoms with Gasteiger partial charge in [0.15, 0.2) is 5.82 Å². The third kappa shape index (κ3) is 6.39. The fourth-order valence-corrected chi connectivity index (χ4v) is 8.50. The van der Waals surface area contributed by atoms with Crippen molar-refractivity contribution in [2.75, 3.05) is 0 Å². The maximum atomic E-state index is 5.28. The Hall–Kier alpha value is -7.01. The second-order valence-electron chi connectivity index (χ2n) is 13.6. The van der Waals surface area contributed by atoms with Gasteiger partial charge in [-0.1, -0.05) is 140 Å². The van der Waals surface area contributed by atoms with Gasteiger partial charge in [-0.15, -0.1) is 11.3 Å². The Balaban J connectivity index is 1.18. The quantitative estimate of drug-likeness (QED) is 0.165. The van der Waals surface area contributed by atoms with Crippen LogP contribution in [0, 0.1) is 0 Å². The normalized spacial score (nSPS) is 11.3. The van der Waals surface area contributed by atoms with E-state index in [1.807, 2.05) is 53.9 Å². The molecule has 10 rings (SSSR count). The average molecular weight is 720 g/mol. The number of thiophene rings is 1. The molecule has 0 saturated carbocycles. The van der Waals surface area contributed by atoms with Crippen molar-refractivity contribution in [1.82, 2.24) is 15.0 Å². The lowest BCUT2D eigenvalue weighted by molar-refractivity contribution is 1.18. The first-order valence-corrected chi connectivity index (χ1v) is 19.2. The zero-order valence-corrected chi connectivity index (χ0v) is 30.6. The van der Waals surface area contributed by atoms with E-state index in [9.17, 15) is 0 Å². The molecule has 0 saturated heterocycles. The minimum Gasteiger partial charge on any atom is -0.256 e. The minimum atomic E-state index is 0.685. The number of hydrogen-bond donors (Lipinski definition) is 0. The predicted octanol–water partition coefficient (Wildman–Crippen LogP) is 13.9. The van der Waals surface area contributed by atoms with Gasteiger partial charge in [-0.2, -0.15) is 0 Å². The van der Waals surface area contributed by atoms with E-state index in [4.69, 9.17) is 9.97 Å². The van der Waals surface area contributed by atoms with E-state index < -0.39 is 0 Å². The summed E-state index contributed by atoms with van der Waals surface area (Å²) in [6.07, 6.45) is 1.83. The topological polar surface area (TPSA) is 38.7 Å². The van der Waals surface area contributed by atoms with Crippen LogP contribution in [0.5, 0.6) is 0 Å². The summed E-state index contributed by atoms with van der Waals surface area (Å²) in [7, 11) is 0. The molecule has 0 aliphatic heterocycles. The van der Waals surface area contributed by atoms with Gasteiger partial charge in [-0.25, -0.2) is 9.97 Å². The zero-order valence-electron chi connectivity index (χ0n) is 29.8. The van der Waals surface area contributed by atoms with E-state index in [2.05, 4.69) is 163 Å². The Morgan fingerprint density at radius 3 is 1.62 bits per heavy atom. The number of benzene rings is 7. The molecular weight excluding hydrogens is 687 g/mol. The largest absolute Gasteiger partial charge is 0.256 e. The van der Waals surface area contributed by atoms with Gasteiger partial charge in [-0.3, -0.25) is 4.98 Å². The molecule has 258 valence electrons. The van der Waals surface area contributed by atoms with E-state index in [1.54, 1.807) is 0 Å². The number of aromatic nitrogens is 3. The van der Waals surface area contributed by atoms with Crippen molar-refractivity contribution in [3.8, 4) is 78.5 Å². The van der Waals surface area contributed by atoms with Crippen molar-refractivity contribution in [2.45, 2.75) is 0 Å². The predicted molar refractivity (Wildman–Crippen MR) is 231 cm³/mol. The highest BCUT2D eigenvalue weighted by atomic mass is 32.1. The minimum absolute atomic E-state index is 0.685. The Bertz CT molecular complexity index is 2950. The molecule has 0 aliphatic rings. The summed E-state index contributed by atoms with van der Waals surface area (Å²) >= 11 is 1.84. The van der Waals surface area contributed by atoms with Crippen LogP contribution in [0.1, 0.15) is 0 Å². The first kappa shape index (κ1) is 32.6. The number of nitrogens with zero attached hydrogens (tertiary/aromatic N) is 3. The Labute approximate surface area is 323 Å². The fraction of sp³-hybridized carbons (Fsp3) is 0. The lowest BCUT2D eigenvalue weighted by atomic mass is 9.90. The second kappa shape index (κ2) is 14.1. The summed E-state index contributed by atoms with van der Waals surface area (Å²) in [5.41, 5.74) is 13.7. The summed E-state index contributed by atoms with van der Waals surface area (Å²) in [4.78, 5) is 15.0. The molecule has 55 heavy (non-hydrogen) atoms. The molecule has 3 heterocycles. The van der Waals surface area contributed by atoms with E-state index >= 15 is 0 Å². The van der Waals surface area contributed by atoms with Gasteiger partial charge in [0, 0.05) is 48.6 Å². The smallest absolute Gasteiger partial charge is 0.160 e. The van der Waals surface area contributed by atoms with Crippen molar-refractivity contribution >= 4 is 31.5 Å². The van der Waals surface area contributed by atoms with Crippen LogP contribution in [0.25, 0.3) is 98.7 Å². The van der Waals surface area contributed by atoms with Crippen molar-refractivity contribution in [1.29, 1.82) is 0 Å². The molecule has 0 N–H and O–H groups in total. The van der Waals surface area contributed by atoms with Crippen LogP contribution in [0.3, 0.4) is 0 Å². The van der Waals surface area contributed by atoms with Crippen LogP contribution < -0.4 is 0 Å². The molecule has 0 atom stereocenters. The zero-order chi connectivity index (χ0) is 36.6. The molecule has 0 spiro atoms. The summed E-state index contributed by atoms with van der Waals surface area (Å²) in [5, 5.41) is 2.57. The SMILES string of the molecule is c1ccc(-c2nc(-c3ccc(-c4ccccn4)cc3)cc(-c3cc(-c4ccc5sc6ccccc6c5c4)cc(-c4ccccc4-c4ccccc4)c3)n2)cc1. The first-order valence-electron chi connectivity index (χ1n) is 18.4. The standard InChI is InChI=1S/C51H33N3S/c1-3-13-34(14-4-1)42-17-7-8-18-43(42)40-29-39(38-26-27-50-45(32-38)44-19-9-10-21-49(44)55-50)30-41(31-40)48-33-47(53-51(54-48)37-15-5-2-6-16-37)36-24-22-35(23-25-36)46-20-11-12-28-52-46/h1-33H. The number of hydrogen-bond acceptors (Lipinski definition) is 4. The van der Waals surface area contributed by atoms with Crippen LogP contribution in [0.4, 0.5) is 0 Å². The molecule has 0 aliphatic carbocycles. The van der Waals surface area contributed by atoms with Gasteiger partial charge in [0.05, 0.1) is 17.1 Å². The van der Waals surface area contributed by atoms with Gasteiger partial charge in [0.2, 0.25) is 0 Å². The molecule has 3 aromatic heterocycles. The van der Waals surface area contributed by atoms with Crippen molar-refractivity contribution in [3.05, 3.63) is 200 Å². The maximum absolute atomic E-state index is 5.28. The van der Waals surface area contributed by atoms with Crippen molar-refractivity contribution < 1.29 is 0 Å². The molecule has 3 nitrogen and oxygen atoms in total. The Kier molecular flexibility index (Phi) is 8.36. The Morgan fingerprint density at radius 2 is 0.873 bits per heavy atom. The summed E-state index contributed by atoms with van der Waals surface area (Å²) < 4.78 is 2.59. The molecular formula is C51H33N3S. The van der Waals surface area contributed by atoms with Gasteiger partial charge in [-0.05, 0) is 88.0 Å². The van der Waals surface area contributed by atoms with E-state index in [0.29, 0.717) is 5.82 Å². The number of rotatable bonds is 7. The van der Waals surface area contributed by atoms with Gasteiger partial charge >= 0.3 is 0 Å². The second-order valence-corrected chi connectivity index (χ2v) is 14.7. The van der Waals surface area contributed by atoms with E-state index in [1.165, 1.54) is 42.4 Å². The molecule has 0 unspecified atom stereocenters. The summed E-state index contributed by atoms with van der Waals surface area (Å²) in [5.74, 6) is 0.685. The summed E-state index contributed by atoms with van der Waals surface area (Å²) in [6, 6.07) is 68.6. The molecule has 0 amide bonds. The summed E-state index contributed by atoms with van der Waals surface area (Å²) in [6.45, 7) is 0. The van der Waals surface area contributed by atoms with E-state index in [0.717, 1.165) is 50.5 Å². The highest BCUT2D eigenvalue weighted by Gasteiger charge is 2.16. The van der Waals surface area contributed by atoms with Crippen LogP contribution >= 0.6 is 11.3 Å². The Morgan fingerprint density at radius 1 is 0.309 bits per heavy atom. The third-order valence-corrected chi connectivity index (χ3v) is 11.3. The highest BCUT2D eigenvalue weighted by Crippen LogP contribution is 2.41. The van der Waals surface area contributed by atoms with Gasteiger partial charge in [0.25, 0.3) is 0 Å².